The zero-order chi connectivity index (χ0) is 11.5. The van der Waals surface area contributed by atoms with E-state index in [9.17, 15) is 0 Å². The number of benzene rings is 1. The van der Waals surface area contributed by atoms with Crippen molar-refractivity contribution in [2.45, 2.75) is 26.1 Å². The van der Waals surface area contributed by atoms with Gasteiger partial charge in [-0.1, -0.05) is 29.5 Å². The lowest BCUT2D eigenvalue weighted by Crippen LogP contribution is -2.11. The molecule has 4 radical (unpaired) electrons. The van der Waals surface area contributed by atoms with Crippen LogP contribution in [-0.4, -0.2) is 22.3 Å². The fourth-order valence-electron chi connectivity index (χ4n) is 1.75. The number of allylic oxidation sites excluding steroid dienone is 1. The van der Waals surface area contributed by atoms with Crippen molar-refractivity contribution >= 4 is 26.9 Å². The van der Waals surface area contributed by atoms with Gasteiger partial charge in [0.25, 0.3) is 0 Å². The first-order chi connectivity index (χ1) is 7.76. The summed E-state index contributed by atoms with van der Waals surface area (Å²) in [5.41, 5.74) is 4.23. The molecule has 0 bridgehead atoms. The molecule has 16 heavy (non-hydrogen) atoms. The van der Waals surface area contributed by atoms with E-state index < -0.39 is 0 Å². The van der Waals surface area contributed by atoms with Gasteiger partial charge in [0.15, 0.2) is 0 Å². The summed E-state index contributed by atoms with van der Waals surface area (Å²) in [5, 5.41) is 0. The van der Waals surface area contributed by atoms with Gasteiger partial charge in [0, 0.05) is 5.56 Å². The Morgan fingerprint density at radius 1 is 1.38 bits per heavy atom. The summed E-state index contributed by atoms with van der Waals surface area (Å²) >= 11 is 0. The van der Waals surface area contributed by atoms with Gasteiger partial charge in [-0.3, -0.25) is 0 Å². The molecule has 0 atom stereocenters. The molecule has 1 aliphatic carbocycles. The summed E-state index contributed by atoms with van der Waals surface area (Å²) in [6.07, 6.45) is 2.77. The number of ether oxygens (including phenoxy) is 1. The van der Waals surface area contributed by atoms with Crippen LogP contribution in [0.5, 0.6) is 0 Å². The van der Waals surface area contributed by atoms with Crippen molar-refractivity contribution in [1.82, 2.24) is 0 Å². The fourth-order valence-corrected chi connectivity index (χ4v) is 1.75. The van der Waals surface area contributed by atoms with Gasteiger partial charge in [-0.15, -0.1) is 0 Å². The van der Waals surface area contributed by atoms with E-state index in [2.05, 4.69) is 0 Å². The SMILES string of the molecule is [B]Cc1cc(C(OCC)=C2CC2)ccc1[B]. The second-order valence-corrected chi connectivity index (χ2v) is 3.98. The summed E-state index contributed by atoms with van der Waals surface area (Å²) in [5.74, 6) is 1.03. The minimum Gasteiger partial charge on any atom is -0.493 e. The van der Waals surface area contributed by atoms with E-state index in [1.54, 1.807) is 0 Å². The van der Waals surface area contributed by atoms with Gasteiger partial charge in [-0.2, -0.15) is 0 Å². The van der Waals surface area contributed by atoms with Crippen molar-refractivity contribution in [3.8, 4) is 0 Å². The maximum Gasteiger partial charge on any atom is 0.125 e. The lowest BCUT2D eigenvalue weighted by atomic mass is 9.83. The van der Waals surface area contributed by atoms with Crippen LogP contribution in [0.15, 0.2) is 23.8 Å². The van der Waals surface area contributed by atoms with Gasteiger partial charge in [0.05, 0.1) is 14.5 Å². The smallest absolute Gasteiger partial charge is 0.125 e. The molecular weight excluding hydrogens is 194 g/mol. The predicted octanol–water partition coefficient (Wildman–Crippen LogP) is 1.69. The van der Waals surface area contributed by atoms with E-state index in [4.69, 9.17) is 20.4 Å². The minimum atomic E-state index is 0.467. The number of hydrogen-bond donors (Lipinski definition) is 0. The molecule has 1 aliphatic rings. The molecular formula is C13H14B2O. The zero-order valence-electron chi connectivity index (χ0n) is 9.62. The Morgan fingerprint density at radius 3 is 2.69 bits per heavy atom. The van der Waals surface area contributed by atoms with E-state index in [1.807, 2.05) is 25.1 Å². The van der Waals surface area contributed by atoms with Crippen molar-refractivity contribution in [3.63, 3.8) is 0 Å². The third-order valence-corrected chi connectivity index (χ3v) is 2.73. The standard InChI is InChI=1S/C13H14B2O/c1-2-16-13(9-3-4-9)10-5-6-12(15)11(7-10)8-14/h5-7H,2-4,8H2,1H3. The molecule has 0 unspecified atom stereocenters. The quantitative estimate of drug-likeness (QED) is 0.540. The third-order valence-electron chi connectivity index (χ3n) is 2.73. The highest BCUT2D eigenvalue weighted by Gasteiger charge is 2.20. The highest BCUT2D eigenvalue weighted by atomic mass is 16.5. The van der Waals surface area contributed by atoms with Crippen LogP contribution in [-0.2, 0) is 11.1 Å². The summed E-state index contributed by atoms with van der Waals surface area (Å²) in [6.45, 7) is 2.70. The van der Waals surface area contributed by atoms with Crippen molar-refractivity contribution in [2.24, 2.45) is 0 Å². The van der Waals surface area contributed by atoms with Crippen molar-refractivity contribution in [1.29, 1.82) is 0 Å². The van der Waals surface area contributed by atoms with Gasteiger partial charge in [0.1, 0.15) is 13.6 Å². The van der Waals surface area contributed by atoms with Gasteiger partial charge < -0.3 is 4.74 Å². The topological polar surface area (TPSA) is 9.23 Å². The molecule has 0 amide bonds. The molecule has 0 aliphatic heterocycles. The van der Waals surface area contributed by atoms with Gasteiger partial charge >= 0.3 is 0 Å². The Balaban J connectivity index is 2.35. The second kappa shape index (κ2) is 4.82. The molecule has 1 fully saturated rings. The minimum absolute atomic E-state index is 0.467. The maximum absolute atomic E-state index is 5.83. The van der Waals surface area contributed by atoms with Crippen LogP contribution in [0.4, 0.5) is 0 Å². The molecule has 1 aromatic rings. The molecule has 78 valence electrons. The Hall–Kier alpha value is -1.11. The Kier molecular flexibility index (Phi) is 3.42. The van der Waals surface area contributed by atoms with E-state index in [0.29, 0.717) is 12.9 Å². The van der Waals surface area contributed by atoms with Crippen molar-refractivity contribution < 1.29 is 4.74 Å². The van der Waals surface area contributed by atoms with E-state index in [0.717, 1.165) is 35.2 Å². The highest BCUT2D eigenvalue weighted by molar-refractivity contribution is 6.34. The Bertz CT molecular complexity index is 418. The summed E-state index contributed by atoms with van der Waals surface area (Å²) < 4.78 is 5.69. The first-order valence-corrected chi connectivity index (χ1v) is 5.70. The highest BCUT2D eigenvalue weighted by Crippen LogP contribution is 2.37. The average Bonchev–Trinajstić information content (AvgIpc) is 3.11. The van der Waals surface area contributed by atoms with Crippen LogP contribution in [0, 0.1) is 0 Å². The lowest BCUT2D eigenvalue weighted by Gasteiger charge is -2.11. The molecule has 1 aromatic carbocycles. The van der Waals surface area contributed by atoms with Gasteiger partial charge in [0.2, 0.25) is 0 Å². The van der Waals surface area contributed by atoms with Crippen LogP contribution in [0.1, 0.15) is 30.9 Å². The van der Waals surface area contributed by atoms with Crippen LogP contribution in [0.2, 0.25) is 0 Å². The Labute approximate surface area is 99.7 Å². The van der Waals surface area contributed by atoms with Crippen LogP contribution in [0.3, 0.4) is 0 Å². The van der Waals surface area contributed by atoms with E-state index in [-0.39, 0.29) is 0 Å². The van der Waals surface area contributed by atoms with E-state index >= 15 is 0 Å². The maximum atomic E-state index is 5.83. The first-order valence-electron chi connectivity index (χ1n) is 5.70. The number of hydrogen-bond acceptors (Lipinski definition) is 1. The monoisotopic (exact) mass is 208 g/mol. The summed E-state index contributed by atoms with van der Waals surface area (Å²) in [7, 11) is 11.5. The zero-order valence-corrected chi connectivity index (χ0v) is 9.62. The average molecular weight is 208 g/mol. The summed E-state index contributed by atoms with van der Waals surface area (Å²) in [6, 6.07) is 5.94. The van der Waals surface area contributed by atoms with Crippen molar-refractivity contribution in [2.75, 3.05) is 6.61 Å². The fraction of sp³-hybridized carbons (Fsp3) is 0.385. The van der Waals surface area contributed by atoms with Crippen molar-refractivity contribution in [3.05, 3.63) is 34.9 Å². The molecule has 1 nitrogen and oxygen atoms in total. The largest absolute Gasteiger partial charge is 0.493 e. The summed E-state index contributed by atoms with van der Waals surface area (Å²) in [4.78, 5) is 0. The molecule has 2 rings (SSSR count). The molecule has 0 aromatic heterocycles. The molecule has 0 heterocycles. The van der Waals surface area contributed by atoms with E-state index in [1.165, 1.54) is 5.57 Å². The molecule has 0 spiro atoms. The third kappa shape index (κ3) is 2.34. The van der Waals surface area contributed by atoms with Crippen LogP contribution < -0.4 is 5.46 Å². The predicted molar refractivity (Wildman–Crippen MR) is 69.1 cm³/mol. The Morgan fingerprint density at radius 2 is 2.12 bits per heavy atom. The van der Waals surface area contributed by atoms with Crippen LogP contribution >= 0.6 is 0 Å². The van der Waals surface area contributed by atoms with Gasteiger partial charge in [-0.05, 0) is 31.4 Å². The normalized spacial score (nSPS) is 13.7. The molecule has 3 heteroatoms. The molecule has 1 saturated carbocycles. The first kappa shape index (κ1) is 11.4. The lowest BCUT2D eigenvalue weighted by molar-refractivity contribution is 0.297. The molecule has 0 saturated heterocycles. The number of rotatable bonds is 4. The molecule has 0 N–H and O–H groups in total. The van der Waals surface area contributed by atoms with Crippen LogP contribution in [0.25, 0.3) is 5.76 Å². The van der Waals surface area contributed by atoms with Gasteiger partial charge in [-0.25, -0.2) is 0 Å². The second-order valence-electron chi connectivity index (χ2n) is 3.98.